The first-order valence-corrected chi connectivity index (χ1v) is 13.8. The third-order valence-corrected chi connectivity index (χ3v) is 7.87. The fraction of sp³-hybridized carbons (Fsp3) is 0.429. The standard InChI is InChI=1S/C19H29N2P.C9H9N2P/c1-3-7-15(14-9-10-14)12-17(19(22)4-2)18-13-16-8-5-6-11-21(16)20-18;10-9-8-5-7(12)2-1-6(8)3-4-11-9/h4,12-15H,3,5-11,22H2,1-2H3;1-5H,12H2,(H2,10,11)/b17-12-,19-4+;. The Morgan fingerprint density at radius 2 is 2.06 bits per heavy atom. The Kier molecular flexibility index (Phi) is 8.56. The third-order valence-electron chi connectivity index (χ3n) is 6.87. The second-order valence-electron chi connectivity index (χ2n) is 9.49. The van der Waals surface area contributed by atoms with Gasteiger partial charge in [0.05, 0.1) is 5.69 Å². The van der Waals surface area contributed by atoms with E-state index in [1.54, 1.807) is 6.20 Å². The fourth-order valence-corrected chi connectivity index (χ4v) is 5.28. The predicted molar refractivity (Wildman–Crippen MR) is 153 cm³/mol. The zero-order valence-electron chi connectivity index (χ0n) is 20.5. The maximum atomic E-state index is 5.70. The summed E-state index contributed by atoms with van der Waals surface area (Å²) in [6.07, 6.45) is 15.6. The second kappa shape index (κ2) is 11.6. The van der Waals surface area contributed by atoms with Crippen LogP contribution in [0.4, 0.5) is 5.82 Å². The van der Waals surface area contributed by atoms with Crippen molar-refractivity contribution < 1.29 is 0 Å². The fourth-order valence-electron chi connectivity index (χ4n) is 4.77. The summed E-state index contributed by atoms with van der Waals surface area (Å²) in [5.41, 5.74) is 9.65. The number of hydrogen-bond donors (Lipinski definition) is 1. The van der Waals surface area contributed by atoms with E-state index in [0.717, 1.165) is 34.5 Å². The van der Waals surface area contributed by atoms with Gasteiger partial charge in [0.25, 0.3) is 0 Å². The van der Waals surface area contributed by atoms with Crippen LogP contribution in [0.15, 0.2) is 54.0 Å². The molecule has 0 amide bonds. The number of aromatic nitrogens is 3. The van der Waals surface area contributed by atoms with E-state index in [2.05, 4.69) is 60.2 Å². The summed E-state index contributed by atoms with van der Waals surface area (Å²) in [5, 5.41) is 9.47. The van der Waals surface area contributed by atoms with Crippen LogP contribution >= 0.6 is 18.5 Å². The van der Waals surface area contributed by atoms with Gasteiger partial charge in [0.2, 0.25) is 0 Å². The molecule has 3 atom stereocenters. The largest absolute Gasteiger partial charge is 0.383 e. The molecule has 2 aromatic heterocycles. The van der Waals surface area contributed by atoms with Crippen molar-refractivity contribution >= 4 is 45.9 Å². The molecule has 1 aliphatic carbocycles. The molecule has 34 heavy (non-hydrogen) atoms. The average Bonchev–Trinajstić information content (AvgIpc) is 3.60. The molecule has 0 spiro atoms. The van der Waals surface area contributed by atoms with E-state index in [-0.39, 0.29) is 0 Å². The molecule has 6 heteroatoms. The van der Waals surface area contributed by atoms with Crippen LogP contribution in [0.3, 0.4) is 0 Å². The predicted octanol–water partition coefficient (Wildman–Crippen LogP) is 6.53. The van der Waals surface area contributed by atoms with Gasteiger partial charge in [-0.1, -0.05) is 37.6 Å². The number of hydrogen-bond acceptors (Lipinski definition) is 3. The van der Waals surface area contributed by atoms with E-state index < -0.39 is 0 Å². The molecule has 1 fully saturated rings. The molecular weight excluding hydrogens is 454 g/mol. The number of nitrogens with two attached hydrogens (primary N) is 1. The van der Waals surface area contributed by atoms with E-state index in [1.165, 1.54) is 67.2 Å². The Hall–Kier alpha value is -2.02. The van der Waals surface area contributed by atoms with Gasteiger partial charge in [-0.2, -0.15) is 5.10 Å². The van der Waals surface area contributed by atoms with Gasteiger partial charge in [-0.3, -0.25) is 4.68 Å². The molecule has 3 heterocycles. The van der Waals surface area contributed by atoms with Gasteiger partial charge in [-0.25, -0.2) is 4.98 Å². The number of aryl methyl sites for hydroxylation is 2. The molecule has 5 rings (SSSR count). The highest BCUT2D eigenvalue weighted by atomic mass is 31.0. The molecule has 4 nitrogen and oxygen atoms in total. The Morgan fingerprint density at radius 3 is 2.76 bits per heavy atom. The van der Waals surface area contributed by atoms with Crippen molar-refractivity contribution in [2.75, 3.05) is 5.73 Å². The summed E-state index contributed by atoms with van der Waals surface area (Å²) < 4.78 is 2.23. The van der Waals surface area contributed by atoms with Crippen LogP contribution in [0.25, 0.3) is 16.3 Å². The van der Waals surface area contributed by atoms with Crippen LogP contribution in [0.1, 0.15) is 63.8 Å². The van der Waals surface area contributed by atoms with E-state index in [0.29, 0.717) is 5.82 Å². The van der Waals surface area contributed by atoms with E-state index in [9.17, 15) is 0 Å². The van der Waals surface area contributed by atoms with E-state index in [1.807, 2.05) is 24.3 Å². The summed E-state index contributed by atoms with van der Waals surface area (Å²) in [6, 6.07) is 10.4. The first-order valence-electron chi connectivity index (χ1n) is 12.6. The Balaban J connectivity index is 0.000000192. The van der Waals surface area contributed by atoms with Gasteiger partial charge in [0, 0.05) is 29.4 Å². The average molecular weight is 493 g/mol. The van der Waals surface area contributed by atoms with Gasteiger partial charge in [-0.05, 0) is 91.5 Å². The van der Waals surface area contributed by atoms with Gasteiger partial charge >= 0.3 is 0 Å². The summed E-state index contributed by atoms with van der Waals surface area (Å²) in [4.78, 5) is 4.02. The lowest BCUT2D eigenvalue weighted by Crippen LogP contribution is -2.10. The molecule has 2 N–H and O–H groups in total. The lowest BCUT2D eigenvalue weighted by Gasteiger charge is -2.14. The highest BCUT2D eigenvalue weighted by molar-refractivity contribution is 7.27. The first kappa shape index (κ1) is 25.1. The molecule has 0 saturated heterocycles. The molecular formula is C28H38N4P2. The number of benzene rings is 1. The molecule has 0 bridgehead atoms. The van der Waals surface area contributed by atoms with Crippen molar-refractivity contribution in [3.05, 3.63) is 65.4 Å². The molecule has 3 aromatic rings. The summed E-state index contributed by atoms with van der Waals surface area (Å²) >= 11 is 0. The number of nitrogen functional groups attached to an aromatic ring is 1. The van der Waals surface area contributed by atoms with Gasteiger partial charge in [0.15, 0.2) is 0 Å². The Morgan fingerprint density at radius 1 is 1.24 bits per heavy atom. The molecule has 1 aliphatic heterocycles. The van der Waals surface area contributed by atoms with Crippen molar-refractivity contribution in [3.8, 4) is 0 Å². The van der Waals surface area contributed by atoms with Crippen molar-refractivity contribution in [2.24, 2.45) is 11.8 Å². The van der Waals surface area contributed by atoms with Crippen molar-refractivity contribution in [1.29, 1.82) is 0 Å². The summed E-state index contributed by atoms with van der Waals surface area (Å²) in [5.74, 6) is 2.24. The van der Waals surface area contributed by atoms with Crippen LogP contribution in [0.5, 0.6) is 0 Å². The maximum absolute atomic E-state index is 5.70. The quantitative estimate of drug-likeness (QED) is 0.315. The number of anilines is 1. The number of nitrogens with zero attached hydrogens (tertiary/aromatic N) is 3. The Labute approximate surface area is 208 Å². The van der Waals surface area contributed by atoms with Crippen LogP contribution in [-0.2, 0) is 13.0 Å². The summed E-state index contributed by atoms with van der Waals surface area (Å²) in [6.45, 7) is 5.51. The SMILES string of the molecule is C/C=C(P)\C(=C/C(CCC)C1CC1)c1cc2n(n1)CCCC2.Nc1nccc2ccc(P)cc12. The molecule has 2 aliphatic rings. The smallest absolute Gasteiger partial charge is 0.131 e. The lowest BCUT2D eigenvalue weighted by atomic mass is 9.94. The number of fused-ring (bicyclic) bond motifs is 2. The number of pyridine rings is 1. The molecule has 3 unspecified atom stereocenters. The topological polar surface area (TPSA) is 56.7 Å². The van der Waals surface area contributed by atoms with Gasteiger partial charge in [0.1, 0.15) is 5.82 Å². The van der Waals surface area contributed by atoms with Crippen molar-refractivity contribution in [1.82, 2.24) is 14.8 Å². The third kappa shape index (κ3) is 6.15. The van der Waals surface area contributed by atoms with Crippen LogP contribution in [0.2, 0.25) is 0 Å². The number of allylic oxidation sites excluding steroid dienone is 4. The van der Waals surface area contributed by atoms with E-state index in [4.69, 9.17) is 10.8 Å². The van der Waals surface area contributed by atoms with Crippen LogP contribution < -0.4 is 11.0 Å². The maximum Gasteiger partial charge on any atom is 0.131 e. The zero-order valence-corrected chi connectivity index (χ0v) is 22.8. The molecule has 180 valence electrons. The van der Waals surface area contributed by atoms with Gasteiger partial charge < -0.3 is 5.73 Å². The van der Waals surface area contributed by atoms with Crippen LogP contribution in [-0.4, -0.2) is 14.8 Å². The molecule has 0 radical (unpaired) electrons. The van der Waals surface area contributed by atoms with E-state index >= 15 is 0 Å². The minimum absolute atomic E-state index is 0.594. The molecule has 1 saturated carbocycles. The second-order valence-corrected chi connectivity index (χ2v) is 10.8. The molecule has 1 aromatic carbocycles. The first-order chi connectivity index (χ1) is 16.5. The minimum Gasteiger partial charge on any atom is -0.383 e. The minimum atomic E-state index is 0.594. The summed E-state index contributed by atoms with van der Waals surface area (Å²) in [7, 11) is 5.56. The Bertz CT molecular complexity index is 1170. The monoisotopic (exact) mass is 492 g/mol. The van der Waals surface area contributed by atoms with Crippen LogP contribution in [0, 0.1) is 11.8 Å². The van der Waals surface area contributed by atoms with Gasteiger partial charge in [-0.15, -0.1) is 18.5 Å². The highest BCUT2D eigenvalue weighted by Gasteiger charge is 2.30. The zero-order chi connectivity index (χ0) is 24.1. The number of rotatable bonds is 6. The van der Waals surface area contributed by atoms with Crippen molar-refractivity contribution in [3.63, 3.8) is 0 Å². The highest BCUT2D eigenvalue weighted by Crippen LogP contribution is 2.42. The van der Waals surface area contributed by atoms with Crippen molar-refractivity contribution in [2.45, 2.75) is 65.3 Å². The lowest BCUT2D eigenvalue weighted by molar-refractivity contribution is 0.485. The normalized spacial score (nSPS) is 17.2.